The molecule has 2 N–H and O–H groups in total. The summed E-state index contributed by atoms with van der Waals surface area (Å²) in [4.78, 5) is 28.0. The predicted molar refractivity (Wildman–Crippen MR) is 147 cm³/mol. The molecule has 0 saturated heterocycles. The van der Waals surface area contributed by atoms with E-state index in [0.717, 1.165) is 12.1 Å². The van der Waals surface area contributed by atoms with Gasteiger partial charge in [0.1, 0.15) is 5.75 Å². The molecule has 0 saturated carbocycles. The number of carbonyl (C=O) groups excluding carboxylic acids is 1. The Morgan fingerprint density at radius 3 is 2.51 bits per heavy atom. The highest BCUT2D eigenvalue weighted by molar-refractivity contribution is 6.32. The maximum Gasteiger partial charge on any atom is 0.299 e. The lowest BCUT2D eigenvalue weighted by Crippen LogP contribution is -2.31. The van der Waals surface area contributed by atoms with Crippen LogP contribution < -0.4 is 20.9 Å². The van der Waals surface area contributed by atoms with Crippen LogP contribution in [0, 0.1) is 6.92 Å². The van der Waals surface area contributed by atoms with Gasteiger partial charge >= 0.3 is 0 Å². The average molecular weight is 518 g/mol. The molecule has 0 radical (unpaired) electrons. The summed E-state index contributed by atoms with van der Waals surface area (Å²) in [5.41, 5.74) is 2.33. The summed E-state index contributed by atoms with van der Waals surface area (Å²) in [5.74, 6) is 0.663. The van der Waals surface area contributed by atoms with Gasteiger partial charge in [0.25, 0.3) is 11.5 Å². The van der Waals surface area contributed by atoms with Gasteiger partial charge in [-0.3, -0.25) is 9.59 Å². The number of aromatic nitrogens is 2. The van der Waals surface area contributed by atoms with Crippen molar-refractivity contribution in [3.8, 4) is 17.2 Å². The van der Waals surface area contributed by atoms with E-state index < -0.39 is 5.56 Å². The number of anilines is 2. The lowest BCUT2D eigenvalue weighted by Gasteiger charge is -2.15. The minimum absolute atomic E-state index is 0.165. The molecule has 37 heavy (non-hydrogen) atoms. The van der Waals surface area contributed by atoms with Gasteiger partial charge in [-0.25, -0.2) is 0 Å². The Morgan fingerprint density at radius 2 is 1.81 bits per heavy atom. The third kappa shape index (κ3) is 6.55. The van der Waals surface area contributed by atoms with Crippen molar-refractivity contribution in [1.29, 1.82) is 0 Å². The molecule has 0 aliphatic heterocycles. The Balaban J connectivity index is 1.66. The lowest BCUT2D eigenvalue weighted by molar-refractivity contribution is 0.0951. The average Bonchev–Trinajstić information content (AvgIpc) is 2.87. The molecular weight excluding hydrogens is 490 g/mol. The Kier molecular flexibility index (Phi) is 8.22. The molecule has 0 atom stereocenters. The summed E-state index contributed by atoms with van der Waals surface area (Å²) >= 11 is 6.34. The number of halogens is 1. The standard InChI is InChI=1S/C28H28ClN5O3/c1-19-7-6-8-22(17-19)37-25-18-31-34(24-10-5-4-9-23(24)29)28(36)26(25)32-21-13-11-20(12-14-21)27(35)30-15-16-33(2)3/h4-14,17-18,32H,15-16H2,1-3H3,(H,30,35). The van der Waals surface area contributed by atoms with Crippen LogP contribution in [0.1, 0.15) is 15.9 Å². The second-order valence-corrected chi connectivity index (χ2v) is 9.14. The van der Waals surface area contributed by atoms with E-state index in [0.29, 0.717) is 34.3 Å². The maximum absolute atomic E-state index is 13.6. The second kappa shape index (κ2) is 11.7. The first kappa shape index (κ1) is 25.9. The summed E-state index contributed by atoms with van der Waals surface area (Å²) in [5, 5.41) is 10.7. The monoisotopic (exact) mass is 517 g/mol. The summed E-state index contributed by atoms with van der Waals surface area (Å²) < 4.78 is 7.27. The van der Waals surface area contributed by atoms with E-state index in [4.69, 9.17) is 16.3 Å². The molecule has 8 nitrogen and oxygen atoms in total. The third-order valence-electron chi connectivity index (χ3n) is 5.50. The number of aryl methyl sites for hydroxylation is 1. The van der Waals surface area contributed by atoms with Gasteiger partial charge in [0, 0.05) is 24.3 Å². The molecule has 0 fully saturated rings. The van der Waals surface area contributed by atoms with Gasteiger partial charge in [-0.05, 0) is 75.1 Å². The quantitative estimate of drug-likeness (QED) is 0.324. The number of para-hydroxylation sites is 1. The topological polar surface area (TPSA) is 88.5 Å². The van der Waals surface area contributed by atoms with Gasteiger partial charge < -0.3 is 20.3 Å². The van der Waals surface area contributed by atoms with Crippen molar-refractivity contribution >= 4 is 28.9 Å². The van der Waals surface area contributed by atoms with E-state index in [1.54, 1.807) is 54.6 Å². The molecule has 3 aromatic carbocycles. The molecule has 0 spiro atoms. The fraction of sp³-hybridized carbons (Fsp3) is 0.179. The zero-order valence-electron chi connectivity index (χ0n) is 20.9. The van der Waals surface area contributed by atoms with E-state index in [2.05, 4.69) is 15.7 Å². The van der Waals surface area contributed by atoms with E-state index >= 15 is 0 Å². The highest BCUT2D eigenvalue weighted by Crippen LogP contribution is 2.30. The maximum atomic E-state index is 13.6. The summed E-state index contributed by atoms with van der Waals surface area (Å²) in [6, 6.07) is 21.3. The van der Waals surface area contributed by atoms with Crippen LogP contribution in [0.3, 0.4) is 0 Å². The van der Waals surface area contributed by atoms with Crippen molar-refractivity contribution in [3.05, 3.63) is 105 Å². The van der Waals surface area contributed by atoms with Crippen LogP contribution in [0.5, 0.6) is 11.5 Å². The number of carbonyl (C=O) groups is 1. The number of nitrogens with zero attached hydrogens (tertiary/aromatic N) is 3. The number of nitrogens with one attached hydrogen (secondary N) is 2. The molecule has 1 amide bonds. The highest BCUT2D eigenvalue weighted by atomic mass is 35.5. The van der Waals surface area contributed by atoms with Gasteiger partial charge in [-0.2, -0.15) is 9.78 Å². The lowest BCUT2D eigenvalue weighted by atomic mass is 10.2. The molecule has 4 rings (SSSR count). The summed E-state index contributed by atoms with van der Waals surface area (Å²) in [6.45, 7) is 3.25. The fourth-order valence-electron chi connectivity index (χ4n) is 3.58. The van der Waals surface area contributed by atoms with E-state index in [1.165, 1.54) is 10.9 Å². The van der Waals surface area contributed by atoms with Crippen LogP contribution in [-0.2, 0) is 0 Å². The van der Waals surface area contributed by atoms with E-state index in [9.17, 15) is 9.59 Å². The number of rotatable bonds is 9. The molecule has 190 valence electrons. The Hall–Kier alpha value is -4.14. The Labute approximate surface area is 220 Å². The molecule has 1 heterocycles. The zero-order chi connectivity index (χ0) is 26.4. The van der Waals surface area contributed by atoms with Gasteiger partial charge in [-0.15, -0.1) is 0 Å². The van der Waals surface area contributed by atoms with Crippen molar-refractivity contribution < 1.29 is 9.53 Å². The van der Waals surface area contributed by atoms with Crippen LogP contribution in [0.15, 0.2) is 83.8 Å². The Morgan fingerprint density at radius 1 is 1.05 bits per heavy atom. The fourth-order valence-corrected chi connectivity index (χ4v) is 3.79. The number of amides is 1. The first-order valence-corrected chi connectivity index (χ1v) is 12.1. The zero-order valence-corrected chi connectivity index (χ0v) is 21.6. The van der Waals surface area contributed by atoms with Crippen molar-refractivity contribution in [1.82, 2.24) is 20.0 Å². The van der Waals surface area contributed by atoms with Crippen LogP contribution in [0.4, 0.5) is 11.4 Å². The molecule has 0 unspecified atom stereocenters. The van der Waals surface area contributed by atoms with Crippen molar-refractivity contribution in [2.75, 3.05) is 32.5 Å². The largest absolute Gasteiger partial charge is 0.453 e. The molecule has 4 aromatic rings. The number of benzene rings is 3. The van der Waals surface area contributed by atoms with Gasteiger partial charge in [-0.1, -0.05) is 35.9 Å². The minimum atomic E-state index is -0.441. The summed E-state index contributed by atoms with van der Waals surface area (Å²) in [6.07, 6.45) is 1.47. The van der Waals surface area contributed by atoms with Gasteiger partial charge in [0.05, 0.1) is 16.9 Å². The summed E-state index contributed by atoms with van der Waals surface area (Å²) in [7, 11) is 3.89. The van der Waals surface area contributed by atoms with Crippen LogP contribution in [-0.4, -0.2) is 47.8 Å². The normalized spacial score (nSPS) is 10.8. The number of likely N-dealkylation sites (N-methyl/N-ethyl adjacent to an activating group) is 1. The van der Waals surface area contributed by atoms with E-state index in [1.807, 2.05) is 44.1 Å². The van der Waals surface area contributed by atoms with Crippen LogP contribution in [0.2, 0.25) is 5.02 Å². The van der Waals surface area contributed by atoms with Crippen molar-refractivity contribution in [3.63, 3.8) is 0 Å². The SMILES string of the molecule is Cc1cccc(Oc2cnn(-c3ccccc3Cl)c(=O)c2Nc2ccc(C(=O)NCCN(C)C)cc2)c1. The molecule has 1 aromatic heterocycles. The minimum Gasteiger partial charge on any atom is -0.453 e. The number of ether oxygens (including phenoxy) is 1. The molecule has 0 aliphatic carbocycles. The van der Waals surface area contributed by atoms with Crippen LogP contribution in [0.25, 0.3) is 5.69 Å². The molecule has 9 heteroatoms. The van der Waals surface area contributed by atoms with Crippen molar-refractivity contribution in [2.45, 2.75) is 6.92 Å². The van der Waals surface area contributed by atoms with E-state index in [-0.39, 0.29) is 17.3 Å². The highest BCUT2D eigenvalue weighted by Gasteiger charge is 2.17. The molecule has 0 bridgehead atoms. The first-order chi connectivity index (χ1) is 17.8. The number of hydrogen-bond donors (Lipinski definition) is 2. The van der Waals surface area contributed by atoms with Gasteiger partial charge in [0.2, 0.25) is 0 Å². The first-order valence-electron chi connectivity index (χ1n) is 11.7. The van der Waals surface area contributed by atoms with Gasteiger partial charge in [0.15, 0.2) is 11.4 Å². The Bertz CT molecular complexity index is 1450. The predicted octanol–water partition coefficient (Wildman–Crippen LogP) is 5.02. The van der Waals surface area contributed by atoms with Crippen LogP contribution >= 0.6 is 11.6 Å². The smallest absolute Gasteiger partial charge is 0.299 e. The molecular formula is C28H28ClN5O3. The second-order valence-electron chi connectivity index (χ2n) is 8.73. The third-order valence-corrected chi connectivity index (χ3v) is 5.82. The molecule has 0 aliphatic rings. The van der Waals surface area contributed by atoms with Crippen molar-refractivity contribution in [2.24, 2.45) is 0 Å². The number of hydrogen-bond acceptors (Lipinski definition) is 6.